The molecule has 1 unspecified atom stereocenters. The van der Waals surface area contributed by atoms with Gasteiger partial charge in [0, 0.05) is 12.7 Å². The second kappa shape index (κ2) is 7.21. The third-order valence-corrected chi connectivity index (χ3v) is 4.02. The zero-order valence-electron chi connectivity index (χ0n) is 10.0. The van der Waals surface area contributed by atoms with Crippen molar-refractivity contribution in [3.63, 3.8) is 0 Å². The molecule has 1 aromatic heterocycles. The highest BCUT2D eigenvalue weighted by atomic mass is 35.5. The van der Waals surface area contributed by atoms with Crippen LogP contribution in [0.3, 0.4) is 0 Å². The summed E-state index contributed by atoms with van der Waals surface area (Å²) in [6.07, 6.45) is 4.46. The molecular weight excluding hydrogens is 256 g/mol. The van der Waals surface area contributed by atoms with Gasteiger partial charge in [0.25, 0.3) is 0 Å². The first kappa shape index (κ1) is 14.8. The summed E-state index contributed by atoms with van der Waals surface area (Å²) >= 11 is 7.64. The van der Waals surface area contributed by atoms with Gasteiger partial charge >= 0.3 is 0 Å². The molecule has 0 fully saturated rings. The number of hydrogen-bond acceptors (Lipinski definition) is 4. The van der Waals surface area contributed by atoms with Gasteiger partial charge < -0.3 is 10.8 Å². The Kier molecular flexibility index (Phi) is 6.27. The van der Waals surface area contributed by atoms with Gasteiger partial charge in [0.05, 0.1) is 10.6 Å². The van der Waals surface area contributed by atoms with E-state index in [0.29, 0.717) is 11.6 Å². The van der Waals surface area contributed by atoms with Gasteiger partial charge in [-0.25, -0.2) is 4.98 Å². The maximum Gasteiger partial charge on any atom is 0.115 e. The van der Waals surface area contributed by atoms with E-state index in [4.69, 9.17) is 17.3 Å². The minimum absolute atomic E-state index is 0.312. The van der Waals surface area contributed by atoms with E-state index in [1.54, 1.807) is 24.9 Å². The fraction of sp³-hybridized carbons (Fsp3) is 0.583. The topological polar surface area (TPSA) is 59.1 Å². The molecule has 17 heavy (non-hydrogen) atoms. The average Bonchev–Trinajstić information content (AvgIpc) is 2.31. The van der Waals surface area contributed by atoms with Crippen LogP contribution in [0.5, 0.6) is 0 Å². The number of halogens is 1. The van der Waals surface area contributed by atoms with Crippen LogP contribution in [-0.2, 0) is 0 Å². The molecule has 0 amide bonds. The molecule has 0 saturated carbocycles. The molecule has 5 heteroatoms. The SMILES string of the molecule is CC(O)(CN)CCCCSc1ncccc1Cl. The molecule has 0 bridgehead atoms. The number of hydrogen-bond donors (Lipinski definition) is 2. The minimum atomic E-state index is -0.729. The van der Waals surface area contributed by atoms with Crippen molar-refractivity contribution in [3.05, 3.63) is 23.4 Å². The first-order valence-electron chi connectivity index (χ1n) is 5.71. The number of aromatic nitrogens is 1. The number of pyridine rings is 1. The summed E-state index contributed by atoms with van der Waals surface area (Å²) in [7, 11) is 0. The average molecular weight is 275 g/mol. The molecule has 0 saturated heterocycles. The van der Waals surface area contributed by atoms with Crippen LogP contribution in [0.4, 0.5) is 0 Å². The Labute approximate surface area is 112 Å². The molecule has 96 valence electrons. The lowest BCUT2D eigenvalue weighted by Crippen LogP contribution is -2.33. The van der Waals surface area contributed by atoms with Crippen molar-refractivity contribution in [1.82, 2.24) is 4.98 Å². The van der Waals surface area contributed by atoms with Crippen molar-refractivity contribution in [3.8, 4) is 0 Å². The fourth-order valence-electron chi connectivity index (χ4n) is 1.36. The molecule has 0 spiro atoms. The molecule has 1 aromatic rings. The van der Waals surface area contributed by atoms with Gasteiger partial charge in [-0.2, -0.15) is 0 Å². The van der Waals surface area contributed by atoms with Gasteiger partial charge in [-0.3, -0.25) is 0 Å². The normalized spacial score (nSPS) is 14.6. The van der Waals surface area contributed by atoms with E-state index < -0.39 is 5.60 Å². The van der Waals surface area contributed by atoms with Gasteiger partial charge in [0.15, 0.2) is 0 Å². The van der Waals surface area contributed by atoms with Crippen LogP contribution in [0.1, 0.15) is 26.2 Å². The smallest absolute Gasteiger partial charge is 0.115 e. The van der Waals surface area contributed by atoms with Crippen molar-refractivity contribution < 1.29 is 5.11 Å². The highest BCUT2D eigenvalue weighted by molar-refractivity contribution is 7.99. The van der Waals surface area contributed by atoms with E-state index in [0.717, 1.165) is 30.0 Å². The molecule has 3 N–H and O–H groups in total. The van der Waals surface area contributed by atoms with Gasteiger partial charge in [-0.15, -0.1) is 11.8 Å². The lowest BCUT2D eigenvalue weighted by atomic mass is 10.00. The summed E-state index contributed by atoms with van der Waals surface area (Å²) in [6, 6.07) is 3.67. The zero-order valence-corrected chi connectivity index (χ0v) is 11.6. The third-order valence-electron chi connectivity index (χ3n) is 2.51. The summed E-state index contributed by atoms with van der Waals surface area (Å²) in [4.78, 5) is 4.20. The summed E-state index contributed by atoms with van der Waals surface area (Å²) < 4.78 is 0. The lowest BCUT2D eigenvalue weighted by Gasteiger charge is -2.20. The zero-order chi connectivity index (χ0) is 12.7. The number of nitrogens with two attached hydrogens (primary N) is 1. The quantitative estimate of drug-likeness (QED) is 0.593. The van der Waals surface area contributed by atoms with E-state index >= 15 is 0 Å². The monoisotopic (exact) mass is 274 g/mol. The maximum atomic E-state index is 9.72. The molecule has 3 nitrogen and oxygen atoms in total. The minimum Gasteiger partial charge on any atom is -0.389 e. The predicted octanol–water partition coefficient (Wildman–Crippen LogP) is 2.71. The molecule has 1 heterocycles. The Bertz CT molecular complexity index is 347. The van der Waals surface area contributed by atoms with Gasteiger partial charge in [0.1, 0.15) is 5.03 Å². The number of unbranched alkanes of at least 4 members (excludes halogenated alkanes) is 1. The van der Waals surface area contributed by atoms with E-state index in [9.17, 15) is 5.11 Å². The van der Waals surface area contributed by atoms with Gasteiger partial charge in [0.2, 0.25) is 0 Å². The molecule has 0 aliphatic rings. The molecular formula is C12H19ClN2OS. The van der Waals surface area contributed by atoms with Crippen molar-refractivity contribution in [1.29, 1.82) is 0 Å². The molecule has 0 radical (unpaired) electrons. The Morgan fingerprint density at radius 2 is 2.29 bits per heavy atom. The summed E-state index contributed by atoms with van der Waals surface area (Å²) in [5, 5.41) is 11.3. The second-order valence-electron chi connectivity index (χ2n) is 4.30. The number of aliphatic hydroxyl groups is 1. The maximum absolute atomic E-state index is 9.72. The van der Waals surface area contributed by atoms with Crippen molar-refractivity contribution in [2.24, 2.45) is 5.73 Å². The predicted molar refractivity (Wildman–Crippen MR) is 73.5 cm³/mol. The lowest BCUT2D eigenvalue weighted by molar-refractivity contribution is 0.0577. The van der Waals surface area contributed by atoms with Crippen LogP contribution in [-0.4, -0.2) is 28.0 Å². The molecule has 1 rings (SSSR count). The fourth-order valence-corrected chi connectivity index (χ4v) is 2.52. The third kappa shape index (κ3) is 5.73. The van der Waals surface area contributed by atoms with Crippen molar-refractivity contribution >= 4 is 23.4 Å². The first-order valence-corrected chi connectivity index (χ1v) is 7.07. The van der Waals surface area contributed by atoms with Crippen molar-refractivity contribution in [2.75, 3.05) is 12.3 Å². The van der Waals surface area contributed by atoms with Gasteiger partial charge in [-0.1, -0.05) is 11.6 Å². The van der Waals surface area contributed by atoms with Crippen LogP contribution >= 0.6 is 23.4 Å². The van der Waals surface area contributed by atoms with Crippen LogP contribution in [0.15, 0.2) is 23.4 Å². The standard InChI is InChI=1S/C12H19ClN2OS/c1-12(16,9-14)6-2-3-8-17-11-10(13)5-4-7-15-11/h4-5,7,16H,2-3,6,8-9,14H2,1H3. The molecule has 0 aromatic carbocycles. The Morgan fingerprint density at radius 3 is 2.94 bits per heavy atom. The number of thioether (sulfide) groups is 1. The Hall–Kier alpha value is -0.290. The Balaban J connectivity index is 2.19. The van der Waals surface area contributed by atoms with E-state index in [1.165, 1.54) is 0 Å². The second-order valence-corrected chi connectivity index (χ2v) is 5.79. The molecule has 1 atom stereocenters. The van der Waals surface area contributed by atoms with E-state index in [1.807, 2.05) is 12.1 Å². The summed E-state index contributed by atoms with van der Waals surface area (Å²) in [5.74, 6) is 0.956. The van der Waals surface area contributed by atoms with Crippen LogP contribution in [0, 0.1) is 0 Å². The van der Waals surface area contributed by atoms with Crippen molar-refractivity contribution in [2.45, 2.75) is 36.8 Å². The first-order chi connectivity index (χ1) is 8.05. The van der Waals surface area contributed by atoms with Gasteiger partial charge in [-0.05, 0) is 44.1 Å². The highest BCUT2D eigenvalue weighted by Crippen LogP contribution is 2.25. The van der Waals surface area contributed by atoms with Crippen LogP contribution in [0.25, 0.3) is 0 Å². The van der Waals surface area contributed by atoms with Crippen LogP contribution in [0.2, 0.25) is 5.02 Å². The van der Waals surface area contributed by atoms with E-state index in [-0.39, 0.29) is 0 Å². The Morgan fingerprint density at radius 1 is 1.53 bits per heavy atom. The van der Waals surface area contributed by atoms with Crippen LogP contribution < -0.4 is 5.73 Å². The summed E-state index contributed by atoms with van der Waals surface area (Å²) in [6.45, 7) is 2.09. The highest BCUT2D eigenvalue weighted by Gasteiger charge is 2.16. The molecule has 0 aliphatic heterocycles. The number of rotatable bonds is 7. The molecule has 0 aliphatic carbocycles. The summed E-state index contributed by atoms with van der Waals surface area (Å²) in [5.41, 5.74) is 4.72. The number of nitrogens with zero attached hydrogens (tertiary/aromatic N) is 1. The largest absolute Gasteiger partial charge is 0.389 e. The van der Waals surface area contributed by atoms with E-state index in [2.05, 4.69) is 4.98 Å².